The van der Waals surface area contributed by atoms with Gasteiger partial charge in [-0.2, -0.15) is 0 Å². The van der Waals surface area contributed by atoms with Crippen molar-refractivity contribution in [3.8, 4) is 11.5 Å². The molecule has 0 radical (unpaired) electrons. The van der Waals surface area contributed by atoms with Crippen molar-refractivity contribution in [2.75, 3.05) is 6.54 Å². The molecule has 0 aliphatic rings. The molecule has 0 saturated carbocycles. The van der Waals surface area contributed by atoms with E-state index in [-0.39, 0.29) is 6.10 Å². The maximum Gasteiger partial charge on any atom is 0.162 e. The molecule has 118 valence electrons. The lowest BCUT2D eigenvalue weighted by molar-refractivity contribution is 0.0728. The fourth-order valence-electron chi connectivity index (χ4n) is 2.45. The molecule has 2 aromatic rings. The molecule has 0 heterocycles. The van der Waals surface area contributed by atoms with Gasteiger partial charge in [-0.05, 0) is 45.0 Å². The van der Waals surface area contributed by atoms with E-state index in [0.717, 1.165) is 23.5 Å². The third kappa shape index (κ3) is 4.01. The molecule has 3 heteroatoms. The topological polar surface area (TPSA) is 44.5 Å². The predicted molar refractivity (Wildman–Crippen MR) is 90.3 cm³/mol. The minimum absolute atomic E-state index is 0.0993. The summed E-state index contributed by atoms with van der Waals surface area (Å²) in [6, 6.07) is 18.0. The Morgan fingerprint density at radius 3 is 2.14 bits per heavy atom. The Morgan fingerprint density at radius 1 is 0.955 bits per heavy atom. The summed E-state index contributed by atoms with van der Waals surface area (Å²) in [5, 5.41) is 0. The average molecular weight is 299 g/mol. The lowest BCUT2D eigenvalue weighted by atomic mass is 9.92. The Labute approximate surface area is 133 Å². The summed E-state index contributed by atoms with van der Waals surface area (Å²) in [4.78, 5) is 0. The zero-order valence-electron chi connectivity index (χ0n) is 13.6. The Bertz CT molecular complexity index is 583. The van der Waals surface area contributed by atoms with E-state index in [1.54, 1.807) is 0 Å². The van der Waals surface area contributed by atoms with Crippen LogP contribution >= 0.6 is 0 Å². The molecule has 0 aromatic heterocycles. The van der Waals surface area contributed by atoms with Gasteiger partial charge in [0.25, 0.3) is 0 Å². The summed E-state index contributed by atoms with van der Waals surface area (Å²) in [7, 11) is 0. The zero-order valence-corrected chi connectivity index (χ0v) is 13.6. The first-order valence-corrected chi connectivity index (χ1v) is 7.75. The van der Waals surface area contributed by atoms with Gasteiger partial charge in [0.1, 0.15) is 5.60 Å². The van der Waals surface area contributed by atoms with Gasteiger partial charge in [-0.25, -0.2) is 0 Å². The van der Waals surface area contributed by atoms with Crippen LogP contribution in [0.2, 0.25) is 0 Å². The van der Waals surface area contributed by atoms with E-state index in [9.17, 15) is 0 Å². The zero-order chi connectivity index (χ0) is 16.0. The summed E-state index contributed by atoms with van der Waals surface area (Å²) in [6.45, 7) is 6.64. The van der Waals surface area contributed by atoms with Gasteiger partial charge in [0.2, 0.25) is 0 Å². The molecule has 0 fully saturated rings. The number of benzene rings is 2. The summed E-state index contributed by atoms with van der Waals surface area (Å²) in [6.07, 6.45) is 0.828. The maximum absolute atomic E-state index is 6.36. The number of hydrogen-bond acceptors (Lipinski definition) is 3. The van der Waals surface area contributed by atoms with E-state index < -0.39 is 5.60 Å². The number of hydrogen-bond donors (Lipinski definition) is 1. The lowest BCUT2D eigenvalue weighted by Gasteiger charge is -2.32. The molecule has 22 heavy (non-hydrogen) atoms. The van der Waals surface area contributed by atoms with Gasteiger partial charge in [0.15, 0.2) is 11.5 Å². The van der Waals surface area contributed by atoms with Gasteiger partial charge in [0, 0.05) is 6.42 Å². The highest BCUT2D eigenvalue weighted by molar-refractivity contribution is 5.41. The summed E-state index contributed by atoms with van der Waals surface area (Å²) in [5.74, 6) is 1.51. The van der Waals surface area contributed by atoms with Crippen molar-refractivity contribution in [3.63, 3.8) is 0 Å². The summed E-state index contributed by atoms with van der Waals surface area (Å²) < 4.78 is 12.2. The van der Waals surface area contributed by atoms with Crippen LogP contribution in [0.1, 0.15) is 32.8 Å². The number of rotatable bonds is 7. The molecular formula is C19H25NO2. The molecule has 0 aliphatic carbocycles. The maximum atomic E-state index is 6.36. The standard InChI is InChI=1S/C19H25NO2/c1-15(2)21-17-11-7-8-12-18(17)22-19(3,13-14-20)16-9-5-4-6-10-16/h4-12,15H,13-14,20H2,1-3H3. The highest BCUT2D eigenvalue weighted by Crippen LogP contribution is 2.36. The van der Waals surface area contributed by atoms with Crippen LogP contribution in [0, 0.1) is 0 Å². The van der Waals surface area contributed by atoms with Gasteiger partial charge in [0.05, 0.1) is 6.10 Å². The highest BCUT2D eigenvalue weighted by atomic mass is 16.5. The molecule has 0 saturated heterocycles. The molecule has 1 unspecified atom stereocenters. The van der Waals surface area contributed by atoms with Crippen molar-refractivity contribution in [2.24, 2.45) is 5.73 Å². The molecule has 0 bridgehead atoms. The monoisotopic (exact) mass is 299 g/mol. The van der Waals surface area contributed by atoms with Crippen molar-refractivity contribution in [1.82, 2.24) is 0 Å². The normalized spacial score (nSPS) is 13.7. The number of ether oxygens (including phenoxy) is 2. The summed E-state index contributed by atoms with van der Waals surface area (Å²) >= 11 is 0. The smallest absolute Gasteiger partial charge is 0.162 e. The van der Waals surface area contributed by atoms with Crippen LogP contribution in [-0.2, 0) is 5.60 Å². The number of nitrogens with two attached hydrogens (primary N) is 1. The molecule has 2 aromatic carbocycles. The molecule has 3 nitrogen and oxygen atoms in total. The second-order valence-electron chi connectivity index (χ2n) is 5.85. The van der Waals surface area contributed by atoms with Gasteiger partial charge in [-0.1, -0.05) is 42.5 Å². The number of para-hydroxylation sites is 2. The second-order valence-corrected chi connectivity index (χ2v) is 5.85. The van der Waals surface area contributed by atoms with Gasteiger partial charge in [-0.3, -0.25) is 0 Å². The van der Waals surface area contributed by atoms with Crippen molar-refractivity contribution < 1.29 is 9.47 Å². The first-order valence-electron chi connectivity index (χ1n) is 7.75. The third-order valence-electron chi connectivity index (χ3n) is 3.55. The second kappa shape index (κ2) is 7.32. The first kappa shape index (κ1) is 16.4. The third-order valence-corrected chi connectivity index (χ3v) is 3.55. The van der Waals surface area contributed by atoms with Gasteiger partial charge in [-0.15, -0.1) is 0 Å². The molecule has 2 N–H and O–H groups in total. The van der Waals surface area contributed by atoms with Gasteiger partial charge < -0.3 is 15.2 Å². The van der Waals surface area contributed by atoms with Crippen LogP contribution in [0.3, 0.4) is 0 Å². The first-order chi connectivity index (χ1) is 10.5. The predicted octanol–water partition coefficient (Wildman–Crippen LogP) is 4.12. The SMILES string of the molecule is CC(C)Oc1ccccc1OC(C)(CCN)c1ccccc1. The molecule has 2 rings (SSSR count). The van der Waals surface area contributed by atoms with E-state index in [2.05, 4.69) is 19.1 Å². The minimum atomic E-state index is -0.480. The lowest BCUT2D eigenvalue weighted by Crippen LogP contribution is -2.32. The van der Waals surface area contributed by atoms with Crippen LogP contribution in [0.25, 0.3) is 0 Å². The molecule has 0 spiro atoms. The van der Waals surface area contributed by atoms with Crippen LogP contribution in [-0.4, -0.2) is 12.6 Å². The molecule has 0 aliphatic heterocycles. The van der Waals surface area contributed by atoms with E-state index in [1.807, 2.05) is 56.3 Å². The van der Waals surface area contributed by atoms with E-state index in [0.29, 0.717) is 6.54 Å². The van der Waals surface area contributed by atoms with Crippen molar-refractivity contribution in [1.29, 1.82) is 0 Å². The largest absolute Gasteiger partial charge is 0.487 e. The fourth-order valence-corrected chi connectivity index (χ4v) is 2.45. The van der Waals surface area contributed by atoms with E-state index >= 15 is 0 Å². The highest BCUT2D eigenvalue weighted by Gasteiger charge is 2.29. The van der Waals surface area contributed by atoms with Crippen LogP contribution in [0.15, 0.2) is 54.6 Å². The van der Waals surface area contributed by atoms with Crippen LogP contribution in [0.4, 0.5) is 0 Å². The van der Waals surface area contributed by atoms with Crippen molar-refractivity contribution in [2.45, 2.75) is 38.9 Å². The van der Waals surface area contributed by atoms with Crippen molar-refractivity contribution >= 4 is 0 Å². The van der Waals surface area contributed by atoms with Crippen molar-refractivity contribution in [3.05, 3.63) is 60.2 Å². The van der Waals surface area contributed by atoms with E-state index in [4.69, 9.17) is 15.2 Å². The van der Waals surface area contributed by atoms with E-state index in [1.165, 1.54) is 0 Å². The Hall–Kier alpha value is -2.00. The quantitative estimate of drug-likeness (QED) is 0.836. The Morgan fingerprint density at radius 2 is 1.55 bits per heavy atom. The average Bonchev–Trinajstić information content (AvgIpc) is 2.50. The Balaban J connectivity index is 2.33. The minimum Gasteiger partial charge on any atom is -0.487 e. The summed E-state index contributed by atoms with van der Waals surface area (Å²) in [5.41, 5.74) is 6.44. The van der Waals surface area contributed by atoms with Crippen LogP contribution in [0.5, 0.6) is 11.5 Å². The molecular weight excluding hydrogens is 274 g/mol. The van der Waals surface area contributed by atoms with Gasteiger partial charge >= 0.3 is 0 Å². The molecule has 1 atom stereocenters. The van der Waals surface area contributed by atoms with Crippen LogP contribution < -0.4 is 15.2 Å². The fraction of sp³-hybridized carbons (Fsp3) is 0.368. The molecule has 0 amide bonds. The Kier molecular flexibility index (Phi) is 5.45.